The summed E-state index contributed by atoms with van der Waals surface area (Å²) in [5.74, 6) is -0.546. The molecule has 0 atom stereocenters. The lowest BCUT2D eigenvalue weighted by atomic mass is 10.1. The summed E-state index contributed by atoms with van der Waals surface area (Å²) in [5.41, 5.74) is -0.101. The lowest BCUT2D eigenvalue weighted by Gasteiger charge is -1.96. The summed E-state index contributed by atoms with van der Waals surface area (Å²) in [6.45, 7) is 0. The fourth-order valence-corrected chi connectivity index (χ4v) is 3.51. The monoisotopic (exact) mass is 302 g/mol. The largest absolute Gasteiger partial charge is 0.494 e. The first-order valence-corrected chi connectivity index (χ1v) is 7.06. The molecule has 1 aliphatic carbocycles. The molecule has 0 aliphatic heterocycles. The van der Waals surface area contributed by atoms with Gasteiger partial charge >= 0.3 is 5.69 Å². The fraction of sp³-hybridized carbons (Fsp3) is 0.231. The first kappa shape index (κ1) is 13.3. The zero-order chi connectivity index (χ0) is 15.0. The van der Waals surface area contributed by atoms with E-state index in [1.807, 2.05) is 4.98 Å². The number of nitriles is 1. The standard InChI is InChI=1S/C13H10N4O3S/c14-4-7-6-2-1-3-9(6)21-12(7)15-5-8-10(18)16-13(20)17-11(8)19/h5H,1-3H2,(H3,16,17,18,19,20)/b15-5+. The first-order chi connectivity index (χ1) is 10.1. The number of aryl methyl sites for hydroxylation is 1. The van der Waals surface area contributed by atoms with Gasteiger partial charge in [-0.3, -0.25) is 14.8 Å². The minimum atomic E-state index is -0.789. The molecule has 0 amide bonds. The Bertz CT molecular complexity index is 898. The Morgan fingerprint density at radius 2 is 2.14 bits per heavy atom. The molecule has 0 saturated carbocycles. The molecule has 2 aromatic rings. The van der Waals surface area contributed by atoms with Gasteiger partial charge in [0.15, 0.2) is 0 Å². The molecule has 21 heavy (non-hydrogen) atoms. The molecule has 0 spiro atoms. The second kappa shape index (κ2) is 5.03. The third-order valence-corrected chi connectivity index (χ3v) is 4.48. The number of rotatable bonds is 2. The minimum Gasteiger partial charge on any atom is -0.494 e. The van der Waals surface area contributed by atoms with Crippen molar-refractivity contribution in [2.75, 3.05) is 0 Å². The molecule has 0 unspecified atom stereocenters. The molecule has 3 rings (SSSR count). The van der Waals surface area contributed by atoms with Crippen molar-refractivity contribution in [3.8, 4) is 11.9 Å². The molecule has 0 fully saturated rings. The van der Waals surface area contributed by atoms with E-state index in [0.29, 0.717) is 10.6 Å². The number of aliphatic imine (C=N–C) groups is 1. The highest BCUT2D eigenvalue weighted by Crippen LogP contribution is 2.40. The van der Waals surface area contributed by atoms with Crippen LogP contribution >= 0.6 is 11.3 Å². The van der Waals surface area contributed by atoms with Crippen molar-refractivity contribution in [3.05, 3.63) is 42.4 Å². The summed E-state index contributed by atoms with van der Waals surface area (Å²) in [5, 5.41) is 19.3. The van der Waals surface area contributed by atoms with E-state index in [0.717, 1.165) is 35.9 Å². The van der Waals surface area contributed by atoms with Crippen LogP contribution in [-0.2, 0) is 12.8 Å². The molecule has 7 nitrogen and oxygen atoms in total. The molecule has 0 radical (unpaired) electrons. The zero-order valence-corrected chi connectivity index (χ0v) is 11.6. The van der Waals surface area contributed by atoms with Crippen molar-refractivity contribution in [2.24, 2.45) is 4.99 Å². The average molecular weight is 302 g/mol. The van der Waals surface area contributed by atoms with E-state index >= 15 is 0 Å². The predicted octanol–water partition coefficient (Wildman–Crippen LogP) is 0.941. The fourth-order valence-electron chi connectivity index (χ4n) is 2.32. The van der Waals surface area contributed by atoms with E-state index in [1.54, 1.807) is 0 Å². The maximum Gasteiger partial charge on any atom is 0.328 e. The summed E-state index contributed by atoms with van der Waals surface area (Å²) in [7, 11) is 0. The van der Waals surface area contributed by atoms with Gasteiger partial charge in [0.05, 0.1) is 5.56 Å². The van der Waals surface area contributed by atoms with Gasteiger partial charge in [-0.25, -0.2) is 9.79 Å². The number of aromatic nitrogens is 2. The number of hydrogen-bond donors (Lipinski definition) is 3. The molecule has 0 aromatic carbocycles. The second-order valence-corrected chi connectivity index (χ2v) is 5.66. The highest BCUT2D eigenvalue weighted by molar-refractivity contribution is 7.16. The third kappa shape index (κ3) is 2.28. The molecule has 106 valence electrons. The molecule has 2 heterocycles. The van der Waals surface area contributed by atoms with E-state index in [1.165, 1.54) is 11.3 Å². The van der Waals surface area contributed by atoms with Gasteiger partial charge in [-0.15, -0.1) is 11.3 Å². The molecule has 2 aromatic heterocycles. The molecule has 0 bridgehead atoms. The van der Waals surface area contributed by atoms with Crippen LogP contribution in [0.4, 0.5) is 5.00 Å². The number of fused-ring (bicyclic) bond motifs is 1. The highest BCUT2D eigenvalue weighted by Gasteiger charge is 2.21. The molecule has 0 saturated heterocycles. The Hall–Kier alpha value is -2.66. The summed E-state index contributed by atoms with van der Waals surface area (Å²) in [6, 6.07) is 2.14. The van der Waals surface area contributed by atoms with E-state index in [-0.39, 0.29) is 5.56 Å². The van der Waals surface area contributed by atoms with Crippen molar-refractivity contribution in [2.45, 2.75) is 19.3 Å². The normalized spacial score (nSPS) is 13.5. The number of aromatic amines is 2. The summed E-state index contributed by atoms with van der Waals surface area (Å²) >= 11 is 1.42. The van der Waals surface area contributed by atoms with Crippen molar-refractivity contribution < 1.29 is 5.11 Å². The van der Waals surface area contributed by atoms with Crippen LogP contribution in [0.5, 0.6) is 5.88 Å². The third-order valence-electron chi connectivity index (χ3n) is 3.28. The topological polar surface area (TPSA) is 122 Å². The zero-order valence-electron chi connectivity index (χ0n) is 10.8. The molecular weight excluding hydrogens is 292 g/mol. The Kier molecular flexibility index (Phi) is 3.19. The Morgan fingerprint density at radius 1 is 1.33 bits per heavy atom. The van der Waals surface area contributed by atoms with Gasteiger partial charge in [-0.05, 0) is 24.8 Å². The predicted molar refractivity (Wildman–Crippen MR) is 77.7 cm³/mol. The minimum absolute atomic E-state index is 0.146. The van der Waals surface area contributed by atoms with Gasteiger partial charge in [0, 0.05) is 11.1 Å². The van der Waals surface area contributed by atoms with E-state index in [2.05, 4.69) is 16.0 Å². The van der Waals surface area contributed by atoms with Crippen LogP contribution in [0.3, 0.4) is 0 Å². The number of thiophene rings is 1. The number of nitrogens with zero attached hydrogens (tertiary/aromatic N) is 2. The van der Waals surface area contributed by atoms with Crippen LogP contribution in [0.15, 0.2) is 14.6 Å². The van der Waals surface area contributed by atoms with Crippen molar-refractivity contribution in [1.82, 2.24) is 9.97 Å². The van der Waals surface area contributed by atoms with Gasteiger partial charge in [0.2, 0.25) is 5.88 Å². The van der Waals surface area contributed by atoms with Crippen LogP contribution in [0.25, 0.3) is 0 Å². The summed E-state index contributed by atoms with van der Waals surface area (Å²) in [4.78, 5) is 31.9. The second-order valence-electron chi connectivity index (χ2n) is 4.58. The lowest BCUT2D eigenvalue weighted by molar-refractivity contribution is 0.447. The molecule has 1 aliphatic rings. The summed E-state index contributed by atoms with van der Waals surface area (Å²) in [6.07, 6.45) is 4.01. The molecule has 3 N–H and O–H groups in total. The highest BCUT2D eigenvalue weighted by atomic mass is 32.1. The van der Waals surface area contributed by atoms with Crippen LogP contribution in [0.1, 0.15) is 28.0 Å². The van der Waals surface area contributed by atoms with Gasteiger partial charge in [-0.1, -0.05) is 0 Å². The Morgan fingerprint density at radius 3 is 2.86 bits per heavy atom. The maximum absolute atomic E-state index is 11.6. The van der Waals surface area contributed by atoms with E-state index in [4.69, 9.17) is 0 Å². The van der Waals surface area contributed by atoms with Crippen LogP contribution < -0.4 is 11.2 Å². The van der Waals surface area contributed by atoms with Crippen LogP contribution in [0.2, 0.25) is 0 Å². The molecule has 8 heteroatoms. The Labute approximate surface area is 122 Å². The number of nitrogens with one attached hydrogen (secondary N) is 2. The van der Waals surface area contributed by atoms with Gasteiger partial charge < -0.3 is 5.11 Å². The number of hydrogen-bond acceptors (Lipinski definition) is 6. The average Bonchev–Trinajstić information content (AvgIpc) is 2.97. The first-order valence-electron chi connectivity index (χ1n) is 6.24. The Balaban J connectivity index is 2.04. The maximum atomic E-state index is 11.6. The number of H-pyrrole nitrogens is 2. The van der Waals surface area contributed by atoms with Crippen LogP contribution in [0, 0.1) is 11.3 Å². The van der Waals surface area contributed by atoms with Gasteiger partial charge in [0.25, 0.3) is 5.56 Å². The van der Waals surface area contributed by atoms with Crippen molar-refractivity contribution >= 4 is 22.6 Å². The lowest BCUT2D eigenvalue weighted by Crippen LogP contribution is -2.24. The van der Waals surface area contributed by atoms with Crippen molar-refractivity contribution in [3.63, 3.8) is 0 Å². The van der Waals surface area contributed by atoms with Crippen molar-refractivity contribution in [1.29, 1.82) is 5.26 Å². The quantitative estimate of drug-likeness (QED) is 0.714. The smallest absolute Gasteiger partial charge is 0.328 e. The summed E-state index contributed by atoms with van der Waals surface area (Å²) < 4.78 is 0. The van der Waals surface area contributed by atoms with E-state index < -0.39 is 17.1 Å². The van der Waals surface area contributed by atoms with Gasteiger partial charge in [0.1, 0.15) is 16.6 Å². The SMILES string of the molecule is N#Cc1c(/N=C/c2c(O)[nH]c(=O)[nH]c2=O)sc2c1CCC2. The van der Waals surface area contributed by atoms with Crippen LogP contribution in [-0.4, -0.2) is 21.3 Å². The van der Waals surface area contributed by atoms with E-state index in [9.17, 15) is 20.0 Å². The van der Waals surface area contributed by atoms with Gasteiger partial charge in [-0.2, -0.15) is 5.26 Å². The number of aromatic hydroxyl groups is 1. The molecular formula is C13H10N4O3S.